The lowest BCUT2D eigenvalue weighted by atomic mass is 9.75. The summed E-state index contributed by atoms with van der Waals surface area (Å²) in [7, 11) is 0. The van der Waals surface area contributed by atoms with Crippen molar-refractivity contribution >= 4 is 17.5 Å². The number of para-hydroxylation sites is 1. The fraction of sp³-hybridized carbons (Fsp3) is 0.400. The summed E-state index contributed by atoms with van der Waals surface area (Å²) >= 11 is 0. The minimum atomic E-state index is -0.652. The second-order valence-electron chi connectivity index (χ2n) is 6.98. The SMILES string of the molecule is C=CC1C(=C(C)C)C(C)CC12CC(=O)N(c1ccccc1)C2=O. The van der Waals surface area contributed by atoms with Crippen LogP contribution in [0.1, 0.15) is 33.6 Å². The van der Waals surface area contributed by atoms with Gasteiger partial charge in [0.1, 0.15) is 0 Å². The predicted molar refractivity (Wildman–Crippen MR) is 91.8 cm³/mol. The second kappa shape index (κ2) is 5.48. The van der Waals surface area contributed by atoms with Crippen LogP contribution in [0.5, 0.6) is 0 Å². The standard InChI is InChI=1S/C20H23NO2/c1-5-16-18(13(2)3)14(4)11-20(16)12-17(22)21(19(20)23)15-9-7-6-8-10-15/h5-10,14,16H,1,11-12H2,2-4H3. The highest BCUT2D eigenvalue weighted by Crippen LogP contribution is 2.57. The Morgan fingerprint density at radius 2 is 1.91 bits per heavy atom. The molecule has 2 amide bonds. The van der Waals surface area contributed by atoms with E-state index in [1.165, 1.54) is 16.0 Å². The quantitative estimate of drug-likeness (QED) is 0.609. The van der Waals surface area contributed by atoms with Crippen LogP contribution in [-0.2, 0) is 9.59 Å². The Kier molecular flexibility index (Phi) is 3.75. The van der Waals surface area contributed by atoms with Crippen LogP contribution in [0.3, 0.4) is 0 Å². The number of carbonyl (C=O) groups is 2. The van der Waals surface area contributed by atoms with Gasteiger partial charge >= 0.3 is 0 Å². The first-order chi connectivity index (χ1) is 10.9. The second-order valence-corrected chi connectivity index (χ2v) is 6.98. The van der Waals surface area contributed by atoms with Gasteiger partial charge in [-0.2, -0.15) is 0 Å². The van der Waals surface area contributed by atoms with Crippen molar-refractivity contribution < 1.29 is 9.59 Å². The molecule has 1 aromatic rings. The van der Waals surface area contributed by atoms with E-state index in [-0.39, 0.29) is 24.2 Å². The fourth-order valence-corrected chi connectivity index (χ4v) is 4.55. The Balaban J connectivity index is 2.08. The molecule has 2 fully saturated rings. The summed E-state index contributed by atoms with van der Waals surface area (Å²) in [6.07, 6.45) is 2.86. The Bertz CT molecular complexity index is 700. The molecule has 1 saturated carbocycles. The molecule has 1 spiro atoms. The van der Waals surface area contributed by atoms with E-state index in [1.807, 2.05) is 36.4 Å². The summed E-state index contributed by atoms with van der Waals surface area (Å²) in [5, 5.41) is 0. The van der Waals surface area contributed by atoms with Crippen LogP contribution in [-0.4, -0.2) is 11.8 Å². The van der Waals surface area contributed by atoms with Crippen molar-refractivity contribution in [3.05, 3.63) is 54.1 Å². The molecule has 3 rings (SSSR count). The summed E-state index contributed by atoms with van der Waals surface area (Å²) in [4.78, 5) is 27.3. The van der Waals surface area contributed by atoms with Crippen molar-refractivity contribution in [3.8, 4) is 0 Å². The van der Waals surface area contributed by atoms with Gasteiger partial charge in [0, 0.05) is 12.3 Å². The van der Waals surface area contributed by atoms with Crippen molar-refractivity contribution in [1.29, 1.82) is 0 Å². The highest BCUT2D eigenvalue weighted by Gasteiger charge is 2.60. The van der Waals surface area contributed by atoms with Gasteiger partial charge in [0.15, 0.2) is 0 Å². The zero-order valence-corrected chi connectivity index (χ0v) is 14.0. The van der Waals surface area contributed by atoms with Crippen LogP contribution in [0.2, 0.25) is 0 Å². The summed E-state index contributed by atoms with van der Waals surface area (Å²) in [5.74, 6) is 0.0834. The fourth-order valence-electron chi connectivity index (χ4n) is 4.55. The molecule has 3 atom stereocenters. The van der Waals surface area contributed by atoms with E-state index >= 15 is 0 Å². The number of allylic oxidation sites excluding steroid dienone is 3. The van der Waals surface area contributed by atoms with Gasteiger partial charge in [-0.05, 0) is 38.3 Å². The average Bonchev–Trinajstić information content (AvgIpc) is 2.93. The topological polar surface area (TPSA) is 37.4 Å². The van der Waals surface area contributed by atoms with Gasteiger partial charge in [-0.1, -0.05) is 42.3 Å². The van der Waals surface area contributed by atoms with Crippen LogP contribution >= 0.6 is 0 Å². The number of rotatable bonds is 2. The van der Waals surface area contributed by atoms with Gasteiger partial charge in [-0.25, -0.2) is 0 Å². The third-order valence-corrected chi connectivity index (χ3v) is 5.30. The number of hydrogen-bond acceptors (Lipinski definition) is 2. The van der Waals surface area contributed by atoms with Crippen LogP contribution < -0.4 is 4.90 Å². The number of amides is 2. The van der Waals surface area contributed by atoms with Crippen LogP contribution in [0.4, 0.5) is 5.69 Å². The van der Waals surface area contributed by atoms with Gasteiger partial charge in [0.05, 0.1) is 11.1 Å². The minimum Gasteiger partial charge on any atom is -0.274 e. The molecule has 0 aromatic heterocycles. The van der Waals surface area contributed by atoms with E-state index in [0.717, 1.165) is 6.42 Å². The molecule has 0 radical (unpaired) electrons. The number of carbonyl (C=O) groups excluding carboxylic acids is 2. The lowest BCUT2D eigenvalue weighted by Gasteiger charge is -2.27. The third-order valence-electron chi connectivity index (χ3n) is 5.30. The van der Waals surface area contributed by atoms with E-state index < -0.39 is 5.41 Å². The van der Waals surface area contributed by atoms with E-state index in [4.69, 9.17) is 0 Å². The van der Waals surface area contributed by atoms with Gasteiger partial charge in [-0.3, -0.25) is 14.5 Å². The smallest absolute Gasteiger partial charge is 0.241 e. The van der Waals surface area contributed by atoms with Gasteiger partial charge in [0.2, 0.25) is 11.8 Å². The lowest BCUT2D eigenvalue weighted by Crippen LogP contribution is -2.37. The van der Waals surface area contributed by atoms with Gasteiger partial charge in [-0.15, -0.1) is 6.58 Å². The Morgan fingerprint density at radius 1 is 1.26 bits per heavy atom. The zero-order valence-electron chi connectivity index (χ0n) is 14.0. The van der Waals surface area contributed by atoms with Crippen molar-refractivity contribution in [2.24, 2.45) is 17.3 Å². The highest BCUT2D eigenvalue weighted by molar-refractivity contribution is 6.23. The number of hydrogen-bond donors (Lipinski definition) is 0. The molecule has 0 bridgehead atoms. The van der Waals surface area contributed by atoms with Crippen molar-refractivity contribution in [2.75, 3.05) is 4.90 Å². The summed E-state index contributed by atoms with van der Waals surface area (Å²) in [6, 6.07) is 9.22. The van der Waals surface area contributed by atoms with E-state index in [9.17, 15) is 9.59 Å². The molecule has 2 aliphatic rings. The largest absolute Gasteiger partial charge is 0.274 e. The molecule has 1 saturated heterocycles. The maximum absolute atomic E-state index is 13.3. The molecule has 1 heterocycles. The normalized spacial score (nSPS) is 30.4. The number of nitrogens with zero attached hydrogens (tertiary/aromatic N) is 1. The Labute approximate surface area is 137 Å². The third kappa shape index (κ3) is 2.18. The van der Waals surface area contributed by atoms with Crippen LogP contribution in [0, 0.1) is 17.3 Å². The molecular weight excluding hydrogens is 286 g/mol. The van der Waals surface area contributed by atoms with Crippen LogP contribution in [0.25, 0.3) is 0 Å². The zero-order chi connectivity index (χ0) is 16.8. The van der Waals surface area contributed by atoms with Crippen molar-refractivity contribution in [1.82, 2.24) is 0 Å². The maximum atomic E-state index is 13.3. The van der Waals surface area contributed by atoms with E-state index in [0.29, 0.717) is 11.6 Å². The maximum Gasteiger partial charge on any atom is 0.241 e. The van der Waals surface area contributed by atoms with E-state index in [2.05, 4.69) is 27.4 Å². The summed E-state index contributed by atoms with van der Waals surface area (Å²) < 4.78 is 0. The predicted octanol–water partition coefficient (Wildman–Crippen LogP) is 4.11. The molecule has 1 aliphatic carbocycles. The monoisotopic (exact) mass is 309 g/mol. The van der Waals surface area contributed by atoms with Gasteiger partial charge < -0.3 is 0 Å². The molecule has 0 N–H and O–H groups in total. The minimum absolute atomic E-state index is 0.0485. The molecule has 3 heteroatoms. The van der Waals surface area contributed by atoms with Gasteiger partial charge in [0.25, 0.3) is 0 Å². The molecule has 23 heavy (non-hydrogen) atoms. The summed E-state index contributed by atoms with van der Waals surface area (Å²) in [6.45, 7) is 10.3. The van der Waals surface area contributed by atoms with Crippen LogP contribution in [0.15, 0.2) is 54.1 Å². The van der Waals surface area contributed by atoms with Crippen molar-refractivity contribution in [2.45, 2.75) is 33.6 Å². The lowest BCUT2D eigenvalue weighted by molar-refractivity contribution is -0.126. The number of anilines is 1. The molecule has 3 nitrogen and oxygen atoms in total. The molecule has 120 valence electrons. The Morgan fingerprint density at radius 3 is 2.48 bits per heavy atom. The molecule has 1 aliphatic heterocycles. The summed E-state index contributed by atoms with van der Waals surface area (Å²) in [5.41, 5.74) is 2.52. The first-order valence-corrected chi connectivity index (χ1v) is 8.14. The van der Waals surface area contributed by atoms with E-state index in [1.54, 1.807) is 0 Å². The molecule has 3 unspecified atom stereocenters. The molecule has 1 aromatic carbocycles. The van der Waals surface area contributed by atoms with Crippen molar-refractivity contribution in [3.63, 3.8) is 0 Å². The first kappa shape index (κ1) is 15.7. The first-order valence-electron chi connectivity index (χ1n) is 8.14. The Hall–Kier alpha value is -2.16. The molecular formula is C20H23NO2. The number of imide groups is 1. The highest BCUT2D eigenvalue weighted by atomic mass is 16.2. The number of benzene rings is 1. The average molecular weight is 309 g/mol.